The highest BCUT2D eigenvalue weighted by Gasteiger charge is 2.34. The van der Waals surface area contributed by atoms with Crippen LogP contribution in [0.5, 0.6) is 0 Å². The van der Waals surface area contributed by atoms with E-state index in [1.807, 2.05) is 6.92 Å². The van der Waals surface area contributed by atoms with Crippen molar-refractivity contribution in [2.75, 3.05) is 0 Å². The Balaban J connectivity index is 2.39. The van der Waals surface area contributed by atoms with Gasteiger partial charge in [0.1, 0.15) is 0 Å². The van der Waals surface area contributed by atoms with Crippen LogP contribution in [0.1, 0.15) is 23.6 Å². The van der Waals surface area contributed by atoms with E-state index in [9.17, 15) is 13.2 Å². The normalized spacial score (nSPS) is 25.4. The number of rotatable bonds is 0. The average molecular weight is 215 g/mol. The molecule has 0 fully saturated rings. The van der Waals surface area contributed by atoms with Gasteiger partial charge in [-0.3, -0.25) is 0 Å². The summed E-state index contributed by atoms with van der Waals surface area (Å²) in [5.74, 6) is 0. The van der Waals surface area contributed by atoms with Crippen LogP contribution < -0.4 is 5.73 Å². The highest BCUT2D eigenvalue weighted by atomic mass is 19.4. The highest BCUT2D eigenvalue weighted by Crippen LogP contribution is 2.34. The van der Waals surface area contributed by atoms with Crippen LogP contribution in [0, 0.1) is 0 Å². The van der Waals surface area contributed by atoms with Gasteiger partial charge in [0, 0.05) is 5.54 Å². The van der Waals surface area contributed by atoms with Gasteiger partial charge in [0.25, 0.3) is 0 Å². The molecule has 0 heterocycles. The summed E-state index contributed by atoms with van der Waals surface area (Å²) in [4.78, 5) is 0. The standard InChI is InChI=1S/C11H12F3N/c1-10(15)5-7-2-3-9(11(12,13)14)4-8(7)6-10/h2-4H,5-6,15H2,1H3. The maximum atomic E-state index is 12.4. The molecule has 0 saturated heterocycles. The molecule has 1 unspecified atom stereocenters. The first-order valence-electron chi connectivity index (χ1n) is 4.76. The topological polar surface area (TPSA) is 26.0 Å². The summed E-state index contributed by atoms with van der Waals surface area (Å²) in [6.07, 6.45) is -3.09. The van der Waals surface area contributed by atoms with E-state index >= 15 is 0 Å². The molecule has 0 amide bonds. The van der Waals surface area contributed by atoms with Gasteiger partial charge in [-0.25, -0.2) is 0 Å². The third-order valence-electron chi connectivity index (χ3n) is 2.72. The monoisotopic (exact) mass is 215 g/mol. The van der Waals surface area contributed by atoms with E-state index in [1.165, 1.54) is 12.1 Å². The van der Waals surface area contributed by atoms with E-state index in [1.54, 1.807) is 0 Å². The second-order valence-corrected chi connectivity index (χ2v) is 4.49. The van der Waals surface area contributed by atoms with Gasteiger partial charge >= 0.3 is 6.18 Å². The first-order valence-corrected chi connectivity index (χ1v) is 4.76. The SMILES string of the molecule is CC1(N)Cc2ccc(C(F)(F)F)cc2C1. The molecule has 4 heteroatoms. The van der Waals surface area contributed by atoms with E-state index in [2.05, 4.69) is 0 Å². The summed E-state index contributed by atoms with van der Waals surface area (Å²) in [6.45, 7) is 1.86. The first kappa shape index (κ1) is 10.5. The molecule has 0 aromatic heterocycles. The smallest absolute Gasteiger partial charge is 0.325 e. The third kappa shape index (κ3) is 2.00. The molecule has 1 aliphatic rings. The quantitative estimate of drug-likeness (QED) is 0.707. The molecule has 0 saturated carbocycles. The minimum atomic E-state index is -4.26. The van der Waals surface area contributed by atoms with Gasteiger partial charge in [0.2, 0.25) is 0 Å². The number of hydrogen-bond donors (Lipinski definition) is 1. The summed E-state index contributed by atoms with van der Waals surface area (Å²) in [6, 6.07) is 3.88. The lowest BCUT2D eigenvalue weighted by Gasteiger charge is -2.15. The Bertz CT molecular complexity index is 393. The van der Waals surface area contributed by atoms with E-state index in [-0.39, 0.29) is 0 Å². The van der Waals surface area contributed by atoms with E-state index in [0.717, 1.165) is 17.2 Å². The Morgan fingerprint density at radius 3 is 2.40 bits per heavy atom. The lowest BCUT2D eigenvalue weighted by atomic mass is 10.0. The molecule has 1 atom stereocenters. The average Bonchev–Trinajstić information content (AvgIpc) is 2.34. The minimum Gasteiger partial charge on any atom is -0.325 e. The highest BCUT2D eigenvalue weighted by molar-refractivity contribution is 5.39. The maximum Gasteiger partial charge on any atom is 0.416 e. The molecular weight excluding hydrogens is 203 g/mol. The summed E-state index contributed by atoms with van der Waals surface area (Å²) in [5.41, 5.74) is 6.59. The number of fused-ring (bicyclic) bond motifs is 1. The van der Waals surface area contributed by atoms with E-state index in [0.29, 0.717) is 12.8 Å². The van der Waals surface area contributed by atoms with Gasteiger partial charge in [-0.1, -0.05) is 6.07 Å². The van der Waals surface area contributed by atoms with Crippen LogP contribution in [0.3, 0.4) is 0 Å². The van der Waals surface area contributed by atoms with Crippen LogP contribution >= 0.6 is 0 Å². The fraction of sp³-hybridized carbons (Fsp3) is 0.455. The number of benzene rings is 1. The molecule has 2 rings (SSSR count). The molecule has 2 N–H and O–H groups in total. The zero-order valence-electron chi connectivity index (χ0n) is 8.36. The van der Waals surface area contributed by atoms with Gasteiger partial charge in [-0.2, -0.15) is 13.2 Å². The first-order chi connectivity index (χ1) is 6.78. The lowest BCUT2D eigenvalue weighted by Crippen LogP contribution is -2.36. The zero-order valence-corrected chi connectivity index (χ0v) is 8.36. The van der Waals surface area contributed by atoms with E-state index in [4.69, 9.17) is 5.73 Å². The van der Waals surface area contributed by atoms with Crippen molar-refractivity contribution in [2.24, 2.45) is 5.73 Å². The molecule has 1 nitrogen and oxygen atoms in total. The van der Waals surface area contributed by atoms with Crippen LogP contribution in [-0.2, 0) is 19.0 Å². The van der Waals surface area contributed by atoms with Crippen LogP contribution in [-0.4, -0.2) is 5.54 Å². The second kappa shape index (κ2) is 2.98. The van der Waals surface area contributed by atoms with Crippen molar-refractivity contribution >= 4 is 0 Å². The molecular formula is C11H12F3N. The van der Waals surface area contributed by atoms with Crippen molar-refractivity contribution in [1.82, 2.24) is 0 Å². The lowest BCUT2D eigenvalue weighted by molar-refractivity contribution is -0.137. The van der Waals surface area contributed by atoms with Gasteiger partial charge in [-0.05, 0) is 43.0 Å². The predicted octanol–water partition coefficient (Wildman–Crippen LogP) is 2.52. The zero-order chi connectivity index (χ0) is 11.3. The molecule has 0 aliphatic heterocycles. The number of alkyl halides is 3. The molecule has 0 spiro atoms. The largest absolute Gasteiger partial charge is 0.416 e. The molecule has 15 heavy (non-hydrogen) atoms. The van der Waals surface area contributed by atoms with Crippen molar-refractivity contribution in [3.63, 3.8) is 0 Å². The van der Waals surface area contributed by atoms with Crippen molar-refractivity contribution < 1.29 is 13.2 Å². The fourth-order valence-corrected chi connectivity index (χ4v) is 2.07. The van der Waals surface area contributed by atoms with Gasteiger partial charge in [0.15, 0.2) is 0 Å². The van der Waals surface area contributed by atoms with E-state index < -0.39 is 17.3 Å². The van der Waals surface area contributed by atoms with Crippen molar-refractivity contribution in [3.8, 4) is 0 Å². The van der Waals surface area contributed by atoms with Gasteiger partial charge in [-0.15, -0.1) is 0 Å². The van der Waals surface area contributed by atoms with Gasteiger partial charge < -0.3 is 5.73 Å². The van der Waals surface area contributed by atoms with Crippen molar-refractivity contribution in [3.05, 3.63) is 34.9 Å². The van der Waals surface area contributed by atoms with Crippen LogP contribution in [0.25, 0.3) is 0 Å². The second-order valence-electron chi connectivity index (χ2n) is 4.49. The Labute approximate surface area is 86.1 Å². The Morgan fingerprint density at radius 2 is 1.80 bits per heavy atom. The van der Waals surface area contributed by atoms with Crippen molar-refractivity contribution in [2.45, 2.75) is 31.5 Å². The molecule has 0 radical (unpaired) electrons. The predicted molar refractivity (Wildman–Crippen MR) is 51.4 cm³/mol. The summed E-state index contributed by atoms with van der Waals surface area (Å²) >= 11 is 0. The summed E-state index contributed by atoms with van der Waals surface area (Å²) < 4.78 is 37.3. The fourth-order valence-electron chi connectivity index (χ4n) is 2.07. The molecule has 1 aromatic rings. The maximum absolute atomic E-state index is 12.4. The number of hydrogen-bond acceptors (Lipinski definition) is 1. The molecule has 1 aromatic carbocycles. The minimum absolute atomic E-state index is 0.396. The Morgan fingerprint density at radius 1 is 1.20 bits per heavy atom. The number of halogens is 3. The van der Waals surface area contributed by atoms with Crippen LogP contribution in [0.2, 0.25) is 0 Å². The molecule has 82 valence electrons. The summed E-state index contributed by atoms with van der Waals surface area (Å²) in [7, 11) is 0. The number of nitrogens with two attached hydrogens (primary N) is 1. The third-order valence-corrected chi connectivity index (χ3v) is 2.72. The Kier molecular flexibility index (Phi) is 2.08. The van der Waals surface area contributed by atoms with Gasteiger partial charge in [0.05, 0.1) is 5.56 Å². The van der Waals surface area contributed by atoms with Crippen molar-refractivity contribution in [1.29, 1.82) is 0 Å². The molecule has 1 aliphatic carbocycles. The van der Waals surface area contributed by atoms with Crippen LogP contribution in [0.4, 0.5) is 13.2 Å². The summed E-state index contributed by atoms with van der Waals surface area (Å²) in [5, 5.41) is 0. The molecule has 0 bridgehead atoms. The Hall–Kier alpha value is -1.03. The van der Waals surface area contributed by atoms with Crippen LogP contribution in [0.15, 0.2) is 18.2 Å².